The Kier molecular flexibility index (Phi) is 10.0. The minimum atomic E-state index is -4.49. The smallest absolute Gasteiger partial charge is 0.384 e. The summed E-state index contributed by atoms with van der Waals surface area (Å²) < 4.78 is 84.6. The maximum atomic E-state index is 13.2. The number of hydrogen-bond acceptors (Lipinski definition) is 9. The number of alkyl halides is 6. The maximum Gasteiger partial charge on any atom is 0.416 e. The first-order chi connectivity index (χ1) is 22.4. The van der Waals surface area contributed by atoms with Gasteiger partial charge in [0.15, 0.2) is 0 Å². The van der Waals surface area contributed by atoms with Crippen LogP contribution in [-0.4, -0.2) is 69.4 Å². The largest absolute Gasteiger partial charge is 0.416 e. The fraction of sp³-hybridized carbons (Fsp3) is 0.438. The molecule has 47 heavy (non-hydrogen) atoms. The second-order valence-corrected chi connectivity index (χ2v) is 13.6. The summed E-state index contributed by atoms with van der Waals surface area (Å²) in [4.78, 5) is 14.5. The Hall–Kier alpha value is -2.92. The second-order valence-electron chi connectivity index (χ2n) is 11.6. The fourth-order valence-electron chi connectivity index (χ4n) is 5.68. The number of halogens is 6. The molecule has 0 spiro atoms. The number of hydrogen-bond donors (Lipinski definition) is 2. The van der Waals surface area contributed by atoms with Crippen LogP contribution in [0.3, 0.4) is 0 Å². The van der Waals surface area contributed by atoms with Gasteiger partial charge in [-0.25, -0.2) is 9.97 Å². The Labute approximate surface area is 275 Å². The van der Waals surface area contributed by atoms with Gasteiger partial charge in [-0.2, -0.15) is 26.3 Å². The molecule has 6 rings (SSSR count). The van der Waals surface area contributed by atoms with Crippen molar-refractivity contribution in [3.8, 4) is 21.1 Å². The molecular weight excluding hydrogens is 666 g/mol. The molecular formula is C32H32F6N4O3S2. The van der Waals surface area contributed by atoms with Gasteiger partial charge in [-0.15, -0.1) is 22.7 Å². The molecule has 15 heteroatoms. The first-order valence-electron chi connectivity index (χ1n) is 15.1. The van der Waals surface area contributed by atoms with E-state index in [0.29, 0.717) is 81.7 Å². The first-order valence-corrected chi connectivity index (χ1v) is 16.7. The lowest BCUT2D eigenvalue weighted by Crippen LogP contribution is -2.36. The van der Waals surface area contributed by atoms with Crippen LogP contribution in [0.2, 0.25) is 0 Å². The number of likely N-dealkylation sites (tertiary alicyclic amines) is 1. The zero-order valence-electron chi connectivity index (χ0n) is 25.0. The van der Waals surface area contributed by atoms with Crippen molar-refractivity contribution in [3.05, 3.63) is 80.8 Å². The lowest BCUT2D eigenvalue weighted by molar-refractivity contribution is -0.138. The van der Waals surface area contributed by atoms with Crippen molar-refractivity contribution in [2.24, 2.45) is 0 Å². The number of thiazole rings is 2. The average Bonchev–Trinajstić information content (AvgIpc) is 3.81. The highest BCUT2D eigenvalue weighted by molar-refractivity contribution is 7.15. The van der Waals surface area contributed by atoms with E-state index in [-0.39, 0.29) is 0 Å². The number of morpholine rings is 1. The maximum absolute atomic E-state index is 13.2. The van der Waals surface area contributed by atoms with Crippen LogP contribution in [0.5, 0.6) is 0 Å². The summed E-state index contributed by atoms with van der Waals surface area (Å²) >= 11 is 2.21. The van der Waals surface area contributed by atoms with Gasteiger partial charge in [-0.1, -0.05) is 24.3 Å². The lowest BCUT2D eigenvalue weighted by atomic mass is 10.1. The van der Waals surface area contributed by atoms with Crippen molar-refractivity contribution in [2.45, 2.75) is 50.5 Å². The third-order valence-corrected chi connectivity index (χ3v) is 10.7. The van der Waals surface area contributed by atoms with Crippen molar-refractivity contribution in [2.75, 3.05) is 39.4 Å². The van der Waals surface area contributed by atoms with E-state index >= 15 is 0 Å². The van der Waals surface area contributed by atoms with Crippen LogP contribution in [-0.2, 0) is 30.2 Å². The van der Waals surface area contributed by atoms with E-state index in [1.807, 2.05) is 0 Å². The van der Waals surface area contributed by atoms with Crippen molar-refractivity contribution in [1.29, 1.82) is 0 Å². The highest BCUT2D eigenvalue weighted by atomic mass is 32.1. The Morgan fingerprint density at radius 1 is 0.638 bits per heavy atom. The standard InChI is InChI=1S/C32H32F6N4O3S2/c33-31(34,35)21-7-3-19(4-8-21)29-39-23(17-41-11-1-2-12-41)27(46-29)25(43)26(44)28-24(18-42-13-15-45-16-14-42)40-30(47-28)20-5-9-22(10-6-20)32(36,37)38/h3-10,25-26,43-44H,1-2,11-18H2. The third-order valence-electron chi connectivity index (χ3n) is 8.26. The Morgan fingerprint density at radius 3 is 1.40 bits per heavy atom. The number of aromatic nitrogens is 2. The molecule has 2 aliphatic rings. The Morgan fingerprint density at radius 2 is 1.02 bits per heavy atom. The monoisotopic (exact) mass is 698 g/mol. The van der Waals surface area contributed by atoms with Crippen LogP contribution in [0.25, 0.3) is 21.1 Å². The molecule has 2 fully saturated rings. The average molecular weight is 699 g/mol. The van der Waals surface area contributed by atoms with Crippen molar-refractivity contribution in [1.82, 2.24) is 19.8 Å². The quantitative estimate of drug-likeness (QED) is 0.180. The fourth-order valence-corrected chi connectivity index (χ4v) is 7.87. The van der Waals surface area contributed by atoms with Gasteiger partial charge in [0.2, 0.25) is 0 Å². The zero-order chi connectivity index (χ0) is 33.3. The van der Waals surface area contributed by atoms with Crippen molar-refractivity contribution >= 4 is 22.7 Å². The molecule has 0 saturated carbocycles. The molecule has 252 valence electrons. The summed E-state index contributed by atoms with van der Waals surface area (Å²) in [6, 6.07) is 9.28. The molecule has 2 aliphatic heterocycles. The summed E-state index contributed by atoms with van der Waals surface area (Å²) in [5.41, 5.74) is 0.340. The minimum Gasteiger partial charge on any atom is -0.384 e. The number of nitrogens with zero attached hydrogens (tertiary/aromatic N) is 4. The molecule has 7 nitrogen and oxygen atoms in total. The predicted molar refractivity (Wildman–Crippen MR) is 166 cm³/mol. The van der Waals surface area contributed by atoms with Crippen LogP contribution in [0.4, 0.5) is 26.3 Å². The van der Waals surface area contributed by atoms with Crippen LogP contribution in [0.1, 0.15) is 57.3 Å². The number of ether oxygens (including phenoxy) is 1. The van der Waals surface area contributed by atoms with Crippen LogP contribution >= 0.6 is 22.7 Å². The summed E-state index contributed by atoms with van der Waals surface area (Å²) in [5.74, 6) is 0. The molecule has 2 atom stereocenters. The summed E-state index contributed by atoms with van der Waals surface area (Å²) in [6.45, 7) is 4.68. The molecule has 0 bridgehead atoms. The van der Waals surface area contributed by atoms with Gasteiger partial charge in [-0.05, 0) is 50.2 Å². The summed E-state index contributed by atoms with van der Waals surface area (Å²) in [7, 11) is 0. The molecule has 2 N–H and O–H groups in total. The number of benzene rings is 2. The van der Waals surface area contributed by atoms with Crippen molar-refractivity contribution in [3.63, 3.8) is 0 Å². The van der Waals surface area contributed by atoms with E-state index in [4.69, 9.17) is 14.7 Å². The molecule has 2 aromatic heterocycles. The van der Waals surface area contributed by atoms with E-state index in [1.165, 1.54) is 24.3 Å². The van der Waals surface area contributed by atoms with Gasteiger partial charge in [0.05, 0.1) is 45.5 Å². The lowest BCUT2D eigenvalue weighted by Gasteiger charge is -2.26. The summed E-state index contributed by atoms with van der Waals surface area (Å²) in [6.07, 6.45) is -9.86. The van der Waals surface area contributed by atoms with E-state index < -0.39 is 35.7 Å². The number of aliphatic hydroxyl groups is 2. The summed E-state index contributed by atoms with van der Waals surface area (Å²) in [5, 5.41) is 24.3. The topological polar surface area (TPSA) is 82.0 Å². The van der Waals surface area contributed by atoms with E-state index in [1.54, 1.807) is 0 Å². The third kappa shape index (κ3) is 7.88. The van der Waals surface area contributed by atoms with Crippen LogP contribution < -0.4 is 0 Å². The zero-order valence-corrected chi connectivity index (χ0v) is 26.7. The van der Waals surface area contributed by atoms with E-state index in [2.05, 4.69) is 9.80 Å². The number of rotatable bonds is 9. The molecule has 2 saturated heterocycles. The van der Waals surface area contributed by atoms with E-state index in [0.717, 1.165) is 72.9 Å². The Bertz CT molecular complexity index is 1650. The van der Waals surface area contributed by atoms with Crippen LogP contribution in [0.15, 0.2) is 48.5 Å². The van der Waals surface area contributed by atoms with Gasteiger partial charge in [0.25, 0.3) is 0 Å². The molecule has 2 aromatic carbocycles. The first kappa shape index (κ1) is 34.0. The second kappa shape index (κ2) is 13.9. The van der Waals surface area contributed by atoms with E-state index in [9.17, 15) is 36.6 Å². The Balaban J connectivity index is 1.34. The van der Waals surface area contributed by atoms with Crippen LogP contribution in [0, 0.1) is 0 Å². The minimum absolute atomic E-state index is 0.333. The molecule has 4 heterocycles. The number of aliphatic hydroxyl groups excluding tert-OH is 2. The van der Waals surface area contributed by atoms with Gasteiger partial charge >= 0.3 is 12.4 Å². The normalized spacial score (nSPS) is 18.1. The highest BCUT2D eigenvalue weighted by Gasteiger charge is 2.34. The van der Waals surface area contributed by atoms with Gasteiger partial charge in [-0.3, -0.25) is 9.80 Å². The molecule has 0 amide bonds. The predicted octanol–water partition coefficient (Wildman–Crippen LogP) is 7.17. The van der Waals surface area contributed by atoms with Gasteiger partial charge in [0.1, 0.15) is 22.2 Å². The van der Waals surface area contributed by atoms with Gasteiger partial charge < -0.3 is 14.9 Å². The molecule has 2 unspecified atom stereocenters. The van der Waals surface area contributed by atoms with Gasteiger partial charge in [0, 0.05) is 37.3 Å². The molecule has 0 aliphatic carbocycles. The molecule has 0 radical (unpaired) electrons. The SMILES string of the molecule is OC(c1sc(-c2ccc(C(F)(F)F)cc2)nc1CN1CCCC1)C(O)c1sc(-c2ccc(C(F)(F)F)cc2)nc1CN1CCOCC1. The molecule has 4 aromatic rings. The van der Waals surface area contributed by atoms with Crippen molar-refractivity contribution < 1.29 is 41.3 Å². The highest BCUT2D eigenvalue weighted by Crippen LogP contribution is 2.43.